The van der Waals surface area contributed by atoms with E-state index in [-0.39, 0.29) is 5.75 Å². The minimum absolute atomic E-state index is 0.240. The molecule has 0 amide bonds. The average molecular weight is 310 g/mol. The summed E-state index contributed by atoms with van der Waals surface area (Å²) in [4.78, 5) is 2.29. The van der Waals surface area contributed by atoms with Crippen molar-refractivity contribution in [3.63, 3.8) is 0 Å². The molecule has 114 valence electrons. The summed E-state index contributed by atoms with van der Waals surface area (Å²) in [5.74, 6) is 0.815. The molecule has 0 heterocycles. The molecular weight excluding hydrogens is 282 g/mol. The molecule has 0 spiro atoms. The second-order valence-electron chi connectivity index (χ2n) is 6.45. The van der Waals surface area contributed by atoms with Crippen molar-refractivity contribution in [2.75, 3.05) is 24.7 Å². The van der Waals surface area contributed by atoms with Crippen LogP contribution in [0.2, 0.25) is 0 Å². The van der Waals surface area contributed by atoms with E-state index in [1.807, 2.05) is 0 Å². The van der Waals surface area contributed by atoms with E-state index >= 15 is 0 Å². The normalized spacial score (nSPS) is 19.0. The highest BCUT2D eigenvalue weighted by molar-refractivity contribution is 7.92. The molecule has 1 aliphatic carbocycles. The molecule has 0 aromatic heterocycles. The Kier molecular flexibility index (Phi) is 6.61. The molecule has 19 heavy (non-hydrogen) atoms. The molecule has 0 aromatic carbocycles. The Labute approximate surface area is 123 Å². The topological polar surface area (TPSA) is 37.4 Å². The first kappa shape index (κ1) is 17.3. The number of halogens is 1. The monoisotopic (exact) mass is 309 g/mol. The number of nitrogens with zero attached hydrogens (tertiary/aromatic N) is 1. The van der Waals surface area contributed by atoms with Crippen molar-refractivity contribution in [1.29, 1.82) is 0 Å². The molecule has 0 aliphatic heterocycles. The van der Waals surface area contributed by atoms with Crippen LogP contribution >= 0.6 is 11.6 Å². The molecule has 0 N–H and O–H groups in total. The van der Waals surface area contributed by atoms with Gasteiger partial charge in [0.15, 0.2) is 9.84 Å². The van der Waals surface area contributed by atoms with Crippen LogP contribution in [0.1, 0.15) is 52.9 Å². The van der Waals surface area contributed by atoms with E-state index in [2.05, 4.69) is 4.90 Å². The van der Waals surface area contributed by atoms with Gasteiger partial charge >= 0.3 is 0 Å². The molecule has 5 heteroatoms. The molecule has 0 atom stereocenters. The second kappa shape index (κ2) is 7.28. The molecule has 1 saturated carbocycles. The molecule has 0 unspecified atom stereocenters. The van der Waals surface area contributed by atoms with Crippen LogP contribution in [0.3, 0.4) is 0 Å². The molecule has 0 saturated heterocycles. The van der Waals surface area contributed by atoms with Crippen LogP contribution in [0.4, 0.5) is 0 Å². The van der Waals surface area contributed by atoms with Gasteiger partial charge in [-0.25, -0.2) is 8.42 Å². The maximum atomic E-state index is 12.2. The van der Waals surface area contributed by atoms with Crippen molar-refractivity contribution in [2.24, 2.45) is 0 Å². The Morgan fingerprint density at radius 2 is 1.68 bits per heavy atom. The first-order valence-corrected chi connectivity index (χ1v) is 9.49. The van der Waals surface area contributed by atoms with Crippen LogP contribution in [-0.4, -0.2) is 48.8 Å². The van der Waals surface area contributed by atoms with Crippen molar-refractivity contribution in [2.45, 2.75) is 63.7 Å². The molecule has 0 bridgehead atoms. The Balaban J connectivity index is 2.59. The second-order valence-corrected chi connectivity index (χ2v) is 9.69. The van der Waals surface area contributed by atoms with E-state index in [0.717, 1.165) is 6.54 Å². The van der Waals surface area contributed by atoms with Gasteiger partial charge in [-0.15, -0.1) is 11.6 Å². The van der Waals surface area contributed by atoms with Crippen molar-refractivity contribution in [3.05, 3.63) is 0 Å². The van der Waals surface area contributed by atoms with Gasteiger partial charge in [-0.3, -0.25) is 4.90 Å². The van der Waals surface area contributed by atoms with Crippen LogP contribution in [0.5, 0.6) is 0 Å². The standard InChI is InChI=1S/C14H28ClNO2S/c1-14(2,3)19(17,18)12-11-16(10-9-15)13-7-5-4-6-8-13/h13H,4-12H2,1-3H3. The minimum Gasteiger partial charge on any atom is -0.298 e. The van der Waals surface area contributed by atoms with Crippen LogP contribution in [0.25, 0.3) is 0 Å². The third-order valence-corrected chi connectivity index (χ3v) is 6.80. The molecule has 0 radical (unpaired) electrons. The van der Waals surface area contributed by atoms with Gasteiger partial charge in [-0.1, -0.05) is 19.3 Å². The maximum Gasteiger partial charge on any atom is 0.156 e. The predicted octanol–water partition coefficient (Wildman–Crippen LogP) is 3.07. The van der Waals surface area contributed by atoms with Crippen molar-refractivity contribution >= 4 is 21.4 Å². The number of hydrogen-bond donors (Lipinski definition) is 0. The van der Waals surface area contributed by atoms with Crippen molar-refractivity contribution < 1.29 is 8.42 Å². The van der Waals surface area contributed by atoms with E-state index in [1.54, 1.807) is 20.8 Å². The quantitative estimate of drug-likeness (QED) is 0.708. The van der Waals surface area contributed by atoms with Crippen LogP contribution in [-0.2, 0) is 9.84 Å². The highest BCUT2D eigenvalue weighted by Gasteiger charge is 2.30. The highest BCUT2D eigenvalue weighted by Crippen LogP contribution is 2.23. The van der Waals surface area contributed by atoms with Gasteiger partial charge in [0.2, 0.25) is 0 Å². The lowest BCUT2D eigenvalue weighted by molar-refractivity contribution is 0.173. The predicted molar refractivity (Wildman–Crippen MR) is 82.7 cm³/mol. The first-order chi connectivity index (χ1) is 8.78. The first-order valence-electron chi connectivity index (χ1n) is 7.30. The van der Waals surface area contributed by atoms with E-state index in [0.29, 0.717) is 18.5 Å². The molecule has 1 fully saturated rings. The summed E-state index contributed by atoms with van der Waals surface area (Å²) in [6, 6.07) is 0.530. The highest BCUT2D eigenvalue weighted by atomic mass is 35.5. The number of rotatable bonds is 6. The zero-order chi connectivity index (χ0) is 14.5. The van der Waals surface area contributed by atoms with E-state index in [4.69, 9.17) is 11.6 Å². The molecule has 3 nitrogen and oxygen atoms in total. The minimum atomic E-state index is -3.03. The lowest BCUT2D eigenvalue weighted by atomic mass is 9.94. The molecule has 0 aromatic rings. The summed E-state index contributed by atoms with van der Waals surface area (Å²) in [6.45, 7) is 6.74. The summed E-state index contributed by atoms with van der Waals surface area (Å²) in [7, 11) is -3.03. The Hall–Kier alpha value is 0.200. The number of sulfone groups is 1. The summed E-state index contributed by atoms with van der Waals surface area (Å²) in [6.07, 6.45) is 6.20. The van der Waals surface area contributed by atoms with Crippen LogP contribution < -0.4 is 0 Å². The number of alkyl halides is 1. The fourth-order valence-corrected chi connectivity index (χ4v) is 3.88. The Morgan fingerprint density at radius 1 is 1.11 bits per heavy atom. The summed E-state index contributed by atoms with van der Waals surface area (Å²) in [5, 5.41) is 0. The smallest absolute Gasteiger partial charge is 0.156 e. The van der Waals surface area contributed by atoms with Crippen molar-refractivity contribution in [3.8, 4) is 0 Å². The lowest BCUT2D eigenvalue weighted by Gasteiger charge is -2.34. The van der Waals surface area contributed by atoms with Gasteiger partial charge in [0.1, 0.15) is 0 Å². The fraction of sp³-hybridized carbons (Fsp3) is 1.00. The van der Waals surface area contributed by atoms with Crippen LogP contribution in [0, 0.1) is 0 Å². The maximum absolute atomic E-state index is 12.2. The zero-order valence-corrected chi connectivity index (χ0v) is 14.1. The molecule has 1 aliphatic rings. The summed E-state index contributed by atoms with van der Waals surface area (Å²) in [5.41, 5.74) is 0. The lowest BCUT2D eigenvalue weighted by Crippen LogP contribution is -2.43. The van der Waals surface area contributed by atoms with E-state index < -0.39 is 14.6 Å². The van der Waals surface area contributed by atoms with Gasteiger partial charge in [-0.05, 0) is 33.6 Å². The largest absolute Gasteiger partial charge is 0.298 e. The molecular formula is C14H28ClNO2S. The third-order valence-electron chi connectivity index (χ3n) is 4.04. The van der Waals surface area contributed by atoms with Gasteiger partial charge in [0, 0.05) is 25.0 Å². The van der Waals surface area contributed by atoms with Gasteiger partial charge < -0.3 is 0 Å². The van der Waals surface area contributed by atoms with Crippen LogP contribution in [0.15, 0.2) is 0 Å². The van der Waals surface area contributed by atoms with Gasteiger partial charge in [-0.2, -0.15) is 0 Å². The third kappa shape index (κ3) is 5.24. The Morgan fingerprint density at radius 3 is 2.16 bits per heavy atom. The fourth-order valence-electron chi connectivity index (χ4n) is 2.58. The average Bonchev–Trinajstić information content (AvgIpc) is 2.34. The zero-order valence-electron chi connectivity index (χ0n) is 12.5. The number of hydrogen-bond acceptors (Lipinski definition) is 3. The SMILES string of the molecule is CC(C)(C)S(=O)(=O)CCN(CCCl)C1CCCCC1. The van der Waals surface area contributed by atoms with Gasteiger partial charge in [0.25, 0.3) is 0 Å². The summed E-state index contributed by atoms with van der Waals surface area (Å²) < 4.78 is 23.7. The summed E-state index contributed by atoms with van der Waals surface area (Å²) >= 11 is 5.86. The Bertz CT molecular complexity index is 356. The van der Waals surface area contributed by atoms with Crippen molar-refractivity contribution in [1.82, 2.24) is 4.90 Å². The van der Waals surface area contributed by atoms with E-state index in [9.17, 15) is 8.42 Å². The molecule has 1 rings (SSSR count). The van der Waals surface area contributed by atoms with E-state index in [1.165, 1.54) is 32.1 Å². The van der Waals surface area contributed by atoms with Gasteiger partial charge in [0.05, 0.1) is 10.5 Å².